The van der Waals surface area contributed by atoms with Crippen LogP contribution in [0.3, 0.4) is 0 Å². The normalized spacial score (nSPS) is 12.5. The second-order valence-corrected chi connectivity index (χ2v) is 4.78. The molecule has 0 aliphatic heterocycles. The number of methoxy groups -OCH3 is 2. The minimum Gasteiger partial charge on any atom is -0.383 e. The number of carbonyl (C=O) groups excluding carboxylic acids is 1. The van der Waals surface area contributed by atoms with E-state index < -0.39 is 0 Å². The second-order valence-electron chi connectivity index (χ2n) is 3.77. The quantitative estimate of drug-likeness (QED) is 0.695. The van der Waals surface area contributed by atoms with E-state index >= 15 is 0 Å². The molecule has 1 unspecified atom stereocenters. The lowest BCUT2D eigenvalue weighted by molar-refractivity contribution is 0.112. The summed E-state index contributed by atoms with van der Waals surface area (Å²) in [7, 11) is 5.19. The Kier molecular flexibility index (Phi) is 5.54. The molecule has 0 aromatic carbocycles. The highest BCUT2D eigenvalue weighted by Crippen LogP contribution is 2.26. The first-order valence-corrected chi connectivity index (χ1v) is 6.11. The highest BCUT2D eigenvalue weighted by Gasteiger charge is 2.17. The van der Waals surface area contributed by atoms with Crippen LogP contribution < -0.4 is 4.90 Å². The van der Waals surface area contributed by atoms with E-state index in [0.29, 0.717) is 23.8 Å². The van der Waals surface area contributed by atoms with Crippen molar-refractivity contribution in [2.75, 3.05) is 32.8 Å². The third-order valence-corrected chi connectivity index (χ3v) is 3.59. The van der Waals surface area contributed by atoms with Gasteiger partial charge in [-0.2, -0.15) is 0 Å². The molecule has 96 valence electrons. The lowest BCUT2D eigenvalue weighted by Gasteiger charge is -2.23. The van der Waals surface area contributed by atoms with Crippen molar-refractivity contribution >= 4 is 22.8 Å². The lowest BCUT2D eigenvalue weighted by Crippen LogP contribution is -2.32. The number of rotatable bonds is 7. The first kappa shape index (κ1) is 14.1. The standard InChI is InChI=1S/C11H18N2O3S/c1-8(6-15-3)13(2)11-12-9(7-16-4)10(5-14)17-11/h5,8H,6-7H2,1-4H3. The molecule has 0 spiro atoms. The Balaban J connectivity index is 2.86. The maximum absolute atomic E-state index is 10.9. The summed E-state index contributed by atoms with van der Waals surface area (Å²) < 4.78 is 10.1. The summed E-state index contributed by atoms with van der Waals surface area (Å²) in [5, 5.41) is 0.809. The molecule has 0 saturated heterocycles. The van der Waals surface area contributed by atoms with E-state index in [1.807, 2.05) is 18.9 Å². The van der Waals surface area contributed by atoms with Crippen molar-refractivity contribution in [3.63, 3.8) is 0 Å². The number of carbonyl (C=O) groups is 1. The third-order valence-electron chi connectivity index (χ3n) is 2.48. The SMILES string of the molecule is COCc1nc(N(C)C(C)COC)sc1C=O. The fraction of sp³-hybridized carbons (Fsp3) is 0.636. The minimum absolute atomic E-state index is 0.209. The zero-order valence-electron chi connectivity index (χ0n) is 10.6. The molecule has 0 radical (unpaired) electrons. The molecule has 0 saturated carbocycles. The first-order valence-electron chi connectivity index (χ1n) is 5.29. The van der Waals surface area contributed by atoms with Crippen molar-refractivity contribution in [2.24, 2.45) is 0 Å². The summed E-state index contributed by atoms with van der Waals surface area (Å²) in [6.07, 6.45) is 0.824. The Morgan fingerprint density at radius 3 is 2.71 bits per heavy atom. The predicted octanol–water partition coefficient (Wildman–Crippen LogP) is 1.57. The Hall–Kier alpha value is -0.980. The van der Waals surface area contributed by atoms with Crippen LogP contribution in [-0.4, -0.2) is 45.2 Å². The lowest BCUT2D eigenvalue weighted by atomic mass is 10.3. The maximum atomic E-state index is 10.9. The Morgan fingerprint density at radius 1 is 1.47 bits per heavy atom. The summed E-state index contributed by atoms with van der Waals surface area (Å²) >= 11 is 1.37. The van der Waals surface area contributed by atoms with Gasteiger partial charge in [-0.1, -0.05) is 11.3 Å². The number of anilines is 1. The van der Waals surface area contributed by atoms with Crippen LogP contribution in [0.4, 0.5) is 5.13 Å². The maximum Gasteiger partial charge on any atom is 0.186 e. The van der Waals surface area contributed by atoms with Gasteiger partial charge in [-0.3, -0.25) is 4.79 Å². The predicted molar refractivity (Wildman–Crippen MR) is 68.0 cm³/mol. The number of hydrogen-bond donors (Lipinski definition) is 0. The van der Waals surface area contributed by atoms with Gasteiger partial charge >= 0.3 is 0 Å². The molecule has 0 aliphatic carbocycles. The van der Waals surface area contributed by atoms with Crippen molar-refractivity contribution in [3.8, 4) is 0 Å². The molecule has 1 rings (SSSR count). The van der Waals surface area contributed by atoms with Gasteiger partial charge in [0.1, 0.15) is 0 Å². The summed E-state index contributed by atoms with van der Waals surface area (Å²) in [4.78, 5) is 17.9. The van der Waals surface area contributed by atoms with Gasteiger partial charge in [0.05, 0.1) is 29.8 Å². The van der Waals surface area contributed by atoms with Crippen molar-refractivity contribution in [1.82, 2.24) is 4.98 Å². The van der Waals surface area contributed by atoms with Gasteiger partial charge in [-0.05, 0) is 6.92 Å². The molecular weight excluding hydrogens is 240 g/mol. The van der Waals surface area contributed by atoms with Crippen LogP contribution in [0.2, 0.25) is 0 Å². The Labute approximate surface area is 105 Å². The summed E-state index contributed by atoms with van der Waals surface area (Å²) in [5.74, 6) is 0. The van der Waals surface area contributed by atoms with Gasteiger partial charge in [0, 0.05) is 21.3 Å². The molecule has 0 aliphatic rings. The first-order chi connectivity index (χ1) is 8.13. The number of thiazole rings is 1. The molecule has 0 amide bonds. The fourth-order valence-electron chi connectivity index (χ4n) is 1.38. The van der Waals surface area contributed by atoms with Crippen LogP contribution in [0.25, 0.3) is 0 Å². The molecule has 0 bridgehead atoms. The van der Waals surface area contributed by atoms with E-state index in [1.165, 1.54) is 11.3 Å². The molecule has 17 heavy (non-hydrogen) atoms. The number of nitrogens with zero attached hydrogens (tertiary/aromatic N) is 2. The molecule has 1 aromatic rings. The number of ether oxygens (including phenoxy) is 2. The zero-order chi connectivity index (χ0) is 12.8. The van der Waals surface area contributed by atoms with Gasteiger partial charge in [0.25, 0.3) is 0 Å². The van der Waals surface area contributed by atoms with Crippen molar-refractivity contribution in [2.45, 2.75) is 19.6 Å². The third kappa shape index (κ3) is 3.49. The van der Waals surface area contributed by atoms with E-state index in [9.17, 15) is 4.79 Å². The van der Waals surface area contributed by atoms with E-state index in [4.69, 9.17) is 9.47 Å². The number of aromatic nitrogens is 1. The topological polar surface area (TPSA) is 51.7 Å². The van der Waals surface area contributed by atoms with Crippen LogP contribution in [-0.2, 0) is 16.1 Å². The van der Waals surface area contributed by atoms with Crippen molar-refractivity contribution < 1.29 is 14.3 Å². The highest BCUT2D eigenvalue weighted by molar-refractivity contribution is 7.17. The van der Waals surface area contributed by atoms with Crippen LogP contribution in [0.1, 0.15) is 22.3 Å². The summed E-state index contributed by atoms with van der Waals surface area (Å²) in [6, 6.07) is 0.209. The average Bonchev–Trinajstić information content (AvgIpc) is 2.72. The molecule has 5 nitrogen and oxygen atoms in total. The molecule has 1 aromatic heterocycles. The monoisotopic (exact) mass is 258 g/mol. The number of likely N-dealkylation sites (N-methyl/N-ethyl adjacent to an activating group) is 1. The van der Waals surface area contributed by atoms with Gasteiger partial charge in [-0.25, -0.2) is 4.98 Å². The zero-order valence-corrected chi connectivity index (χ0v) is 11.4. The number of aldehydes is 1. The highest BCUT2D eigenvalue weighted by atomic mass is 32.1. The summed E-state index contributed by atoms with van der Waals surface area (Å²) in [6.45, 7) is 3.02. The average molecular weight is 258 g/mol. The smallest absolute Gasteiger partial charge is 0.186 e. The van der Waals surface area contributed by atoms with E-state index in [2.05, 4.69) is 4.98 Å². The largest absolute Gasteiger partial charge is 0.383 e. The fourth-order valence-corrected chi connectivity index (χ4v) is 2.32. The van der Waals surface area contributed by atoms with Gasteiger partial charge in [0.15, 0.2) is 11.4 Å². The molecule has 6 heteroatoms. The minimum atomic E-state index is 0.209. The van der Waals surface area contributed by atoms with Gasteiger partial charge in [-0.15, -0.1) is 0 Å². The molecule has 1 atom stereocenters. The molecular formula is C11H18N2O3S. The molecule has 0 fully saturated rings. The molecule has 1 heterocycles. The molecule has 0 N–H and O–H groups in total. The van der Waals surface area contributed by atoms with Crippen LogP contribution in [0, 0.1) is 0 Å². The van der Waals surface area contributed by atoms with Gasteiger partial charge < -0.3 is 14.4 Å². The van der Waals surface area contributed by atoms with Crippen molar-refractivity contribution in [3.05, 3.63) is 10.6 Å². The van der Waals surface area contributed by atoms with E-state index in [1.54, 1.807) is 14.2 Å². The van der Waals surface area contributed by atoms with Crippen LogP contribution in [0.15, 0.2) is 0 Å². The summed E-state index contributed by atoms with van der Waals surface area (Å²) in [5.41, 5.74) is 0.693. The van der Waals surface area contributed by atoms with Crippen LogP contribution in [0.5, 0.6) is 0 Å². The Morgan fingerprint density at radius 2 is 2.18 bits per heavy atom. The van der Waals surface area contributed by atoms with E-state index in [0.717, 1.165) is 11.4 Å². The number of hydrogen-bond acceptors (Lipinski definition) is 6. The van der Waals surface area contributed by atoms with Crippen molar-refractivity contribution in [1.29, 1.82) is 0 Å². The van der Waals surface area contributed by atoms with E-state index in [-0.39, 0.29) is 6.04 Å². The van der Waals surface area contributed by atoms with Gasteiger partial charge in [0.2, 0.25) is 0 Å². The second kappa shape index (κ2) is 6.68. The van der Waals surface area contributed by atoms with Crippen LogP contribution >= 0.6 is 11.3 Å². The Bertz CT molecular complexity index is 368.